The maximum atomic E-state index is 12.5. The number of aryl methyl sites for hydroxylation is 2. The van der Waals surface area contributed by atoms with Crippen LogP contribution in [0.5, 0.6) is 0 Å². The van der Waals surface area contributed by atoms with Crippen molar-refractivity contribution in [3.05, 3.63) is 71.0 Å². The van der Waals surface area contributed by atoms with Crippen LogP contribution in [0, 0.1) is 6.92 Å². The summed E-state index contributed by atoms with van der Waals surface area (Å²) in [7, 11) is 0. The molecule has 4 rings (SSSR count). The first kappa shape index (κ1) is 15.0. The molecule has 0 unspecified atom stereocenters. The lowest BCUT2D eigenvalue weighted by Gasteiger charge is -2.26. The summed E-state index contributed by atoms with van der Waals surface area (Å²) in [6.45, 7) is 2.04. The highest BCUT2D eigenvalue weighted by Crippen LogP contribution is 2.29. The lowest BCUT2D eigenvalue weighted by atomic mass is 9.87. The predicted octanol–water partition coefficient (Wildman–Crippen LogP) is 4.48. The molecule has 3 heteroatoms. The second-order valence-corrected chi connectivity index (χ2v) is 6.65. The quantitative estimate of drug-likeness (QED) is 0.773. The van der Waals surface area contributed by atoms with E-state index in [4.69, 9.17) is 4.42 Å². The summed E-state index contributed by atoms with van der Waals surface area (Å²) in [5.41, 5.74) is 5.59. The van der Waals surface area contributed by atoms with Crippen LogP contribution in [-0.4, -0.2) is 5.91 Å². The molecule has 0 bridgehead atoms. The van der Waals surface area contributed by atoms with Crippen LogP contribution >= 0.6 is 0 Å². The van der Waals surface area contributed by atoms with Crippen LogP contribution < -0.4 is 5.32 Å². The number of benzene rings is 2. The highest BCUT2D eigenvalue weighted by Gasteiger charge is 2.21. The maximum absolute atomic E-state index is 12.5. The number of amides is 1. The van der Waals surface area contributed by atoms with E-state index in [-0.39, 0.29) is 11.9 Å². The molecule has 1 aliphatic carbocycles. The number of carbonyl (C=O) groups is 1. The fraction of sp³-hybridized carbons (Fsp3) is 0.286. The maximum Gasteiger partial charge on any atom is 0.225 e. The minimum Gasteiger partial charge on any atom is -0.464 e. The number of hydrogen-bond donors (Lipinski definition) is 1. The molecule has 1 heterocycles. The van der Waals surface area contributed by atoms with E-state index in [9.17, 15) is 4.79 Å². The molecule has 1 atom stereocenters. The Labute approximate surface area is 141 Å². The minimum atomic E-state index is 0.0555. The molecule has 0 fully saturated rings. The number of furan rings is 1. The Morgan fingerprint density at radius 2 is 2.12 bits per heavy atom. The summed E-state index contributed by atoms with van der Waals surface area (Å²) in [6.07, 6.45) is 5.30. The van der Waals surface area contributed by atoms with Crippen LogP contribution in [-0.2, 0) is 17.6 Å². The van der Waals surface area contributed by atoms with Crippen molar-refractivity contribution in [2.75, 3.05) is 0 Å². The molecule has 2 aromatic carbocycles. The number of hydrogen-bond acceptors (Lipinski definition) is 2. The van der Waals surface area contributed by atoms with Gasteiger partial charge in [0.15, 0.2) is 0 Å². The summed E-state index contributed by atoms with van der Waals surface area (Å²) in [5, 5.41) is 4.24. The van der Waals surface area contributed by atoms with Crippen LogP contribution in [0.15, 0.2) is 53.1 Å². The van der Waals surface area contributed by atoms with Gasteiger partial charge < -0.3 is 9.73 Å². The molecule has 3 aromatic rings. The van der Waals surface area contributed by atoms with Crippen molar-refractivity contribution in [3.63, 3.8) is 0 Å². The molecule has 1 aromatic heterocycles. The first-order valence-corrected chi connectivity index (χ1v) is 8.54. The molecule has 24 heavy (non-hydrogen) atoms. The van der Waals surface area contributed by atoms with Crippen molar-refractivity contribution in [3.8, 4) is 0 Å². The Balaban J connectivity index is 1.51. The van der Waals surface area contributed by atoms with E-state index in [1.807, 2.05) is 19.1 Å². The lowest BCUT2D eigenvalue weighted by molar-refractivity contribution is -0.121. The van der Waals surface area contributed by atoms with Crippen molar-refractivity contribution < 1.29 is 9.21 Å². The normalized spacial score (nSPS) is 16.8. The largest absolute Gasteiger partial charge is 0.464 e. The summed E-state index contributed by atoms with van der Waals surface area (Å²) in [4.78, 5) is 12.5. The van der Waals surface area contributed by atoms with Crippen LogP contribution in [0.2, 0.25) is 0 Å². The van der Waals surface area contributed by atoms with Gasteiger partial charge in [-0.2, -0.15) is 0 Å². The average Bonchev–Trinajstić information content (AvgIpc) is 2.97. The van der Waals surface area contributed by atoms with E-state index in [0.717, 1.165) is 41.4 Å². The van der Waals surface area contributed by atoms with Crippen molar-refractivity contribution in [2.45, 2.75) is 38.6 Å². The first-order chi connectivity index (χ1) is 11.7. The standard InChI is InChI=1S/C21H21NO2/c1-14-9-10-18-16(13-24-20(18)11-14)12-21(23)22-19-8-4-6-15-5-2-3-7-17(15)19/h2-3,5,7,9-11,13,19H,4,6,8,12H2,1H3,(H,22,23)/t19-/m1/s1. The lowest BCUT2D eigenvalue weighted by Crippen LogP contribution is -2.32. The van der Waals surface area contributed by atoms with Crippen molar-refractivity contribution in [2.24, 2.45) is 0 Å². The fourth-order valence-electron chi connectivity index (χ4n) is 3.65. The molecule has 122 valence electrons. The molecule has 0 aliphatic heterocycles. The second-order valence-electron chi connectivity index (χ2n) is 6.65. The van der Waals surface area contributed by atoms with E-state index >= 15 is 0 Å². The third kappa shape index (κ3) is 2.82. The number of carbonyl (C=O) groups excluding carboxylic acids is 1. The van der Waals surface area contributed by atoms with Gasteiger partial charge in [0, 0.05) is 10.9 Å². The van der Waals surface area contributed by atoms with Gasteiger partial charge in [0.25, 0.3) is 0 Å². The number of nitrogens with one attached hydrogen (secondary N) is 1. The Morgan fingerprint density at radius 3 is 3.04 bits per heavy atom. The highest BCUT2D eigenvalue weighted by atomic mass is 16.3. The third-order valence-electron chi connectivity index (χ3n) is 4.87. The minimum absolute atomic E-state index is 0.0555. The van der Waals surface area contributed by atoms with Crippen molar-refractivity contribution in [1.82, 2.24) is 5.32 Å². The molecule has 0 saturated heterocycles. The average molecular weight is 319 g/mol. The zero-order valence-corrected chi connectivity index (χ0v) is 13.8. The Hall–Kier alpha value is -2.55. The zero-order chi connectivity index (χ0) is 16.5. The third-order valence-corrected chi connectivity index (χ3v) is 4.87. The molecule has 1 N–H and O–H groups in total. The Bertz CT molecular complexity index is 894. The van der Waals surface area contributed by atoms with Gasteiger partial charge in [0.2, 0.25) is 5.91 Å². The zero-order valence-electron chi connectivity index (χ0n) is 13.8. The Morgan fingerprint density at radius 1 is 1.25 bits per heavy atom. The SMILES string of the molecule is Cc1ccc2c(CC(=O)N[C@@H]3CCCc4ccccc43)coc2c1. The van der Waals surface area contributed by atoms with Gasteiger partial charge in [-0.3, -0.25) is 4.79 Å². The smallest absolute Gasteiger partial charge is 0.225 e. The molecule has 0 spiro atoms. The van der Waals surface area contributed by atoms with Crippen molar-refractivity contribution in [1.29, 1.82) is 0 Å². The second kappa shape index (κ2) is 6.16. The van der Waals surface area contributed by atoms with E-state index in [1.165, 1.54) is 11.1 Å². The van der Waals surface area contributed by atoms with Gasteiger partial charge in [0.05, 0.1) is 18.7 Å². The van der Waals surface area contributed by atoms with Gasteiger partial charge in [-0.15, -0.1) is 0 Å². The summed E-state index contributed by atoms with van der Waals surface area (Å²) < 4.78 is 5.60. The molecular weight excluding hydrogens is 298 g/mol. The van der Waals surface area contributed by atoms with E-state index in [2.05, 4.69) is 35.6 Å². The van der Waals surface area contributed by atoms with Gasteiger partial charge in [-0.25, -0.2) is 0 Å². The van der Waals surface area contributed by atoms with Crippen LogP contribution in [0.3, 0.4) is 0 Å². The monoisotopic (exact) mass is 319 g/mol. The highest BCUT2D eigenvalue weighted by molar-refractivity contribution is 5.88. The molecule has 0 saturated carbocycles. The van der Waals surface area contributed by atoms with Gasteiger partial charge in [-0.05, 0) is 48.9 Å². The van der Waals surface area contributed by atoms with Gasteiger partial charge in [0.1, 0.15) is 5.58 Å². The van der Waals surface area contributed by atoms with Crippen LogP contribution in [0.25, 0.3) is 11.0 Å². The summed E-state index contributed by atoms with van der Waals surface area (Å²) in [6, 6.07) is 14.6. The fourth-order valence-corrected chi connectivity index (χ4v) is 3.65. The molecule has 1 amide bonds. The van der Waals surface area contributed by atoms with Gasteiger partial charge in [-0.1, -0.05) is 36.4 Å². The summed E-state index contributed by atoms with van der Waals surface area (Å²) >= 11 is 0. The molecule has 3 nitrogen and oxygen atoms in total. The van der Waals surface area contributed by atoms with Crippen molar-refractivity contribution >= 4 is 16.9 Å². The molecule has 1 aliphatic rings. The first-order valence-electron chi connectivity index (χ1n) is 8.54. The molecule has 0 radical (unpaired) electrons. The van der Waals surface area contributed by atoms with E-state index in [0.29, 0.717) is 6.42 Å². The number of rotatable bonds is 3. The van der Waals surface area contributed by atoms with Crippen LogP contribution in [0.1, 0.15) is 41.1 Å². The Kier molecular flexibility index (Phi) is 3.85. The summed E-state index contributed by atoms with van der Waals surface area (Å²) in [5.74, 6) is 0.0555. The van der Waals surface area contributed by atoms with E-state index in [1.54, 1.807) is 6.26 Å². The van der Waals surface area contributed by atoms with Gasteiger partial charge >= 0.3 is 0 Å². The van der Waals surface area contributed by atoms with Crippen LogP contribution in [0.4, 0.5) is 0 Å². The predicted molar refractivity (Wildman–Crippen MR) is 94.9 cm³/mol. The van der Waals surface area contributed by atoms with E-state index < -0.39 is 0 Å². The molecular formula is C21H21NO2. The number of fused-ring (bicyclic) bond motifs is 2. The topological polar surface area (TPSA) is 42.2 Å².